The van der Waals surface area contributed by atoms with Gasteiger partial charge in [0, 0.05) is 6.20 Å². The van der Waals surface area contributed by atoms with Gasteiger partial charge in [0.2, 0.25) is 5.95 Å². The number of nitrogens with two attached hydrogens (primary N) is 1. The molecule has 3 heterocycles. The first-order chi connectivity index (χ1) is 9.52. The molecule has 2 aromatic rings. The summed E-state index contributed by atoms with van der Waals surface area (Å²) in [5, 5.41) is 29.6. The predicted octanol–water partition coefficient (Wildman–Crippen LogP) is -0.722. The van der Waals surface area contributed by atoms with Gasteiger partial charge in [-0.2, -0.15) is 4.98 Å². The summed E-state index contributed by atoms with van der Waals surface area (Å²) < 4.78 is 6.94. The highest BCUT2D eigenvalue weighted by Crippen LogP contribution is 2.33. The summed E-state index contributed by atoms with van der Waals surface area (Å²) in [6.45, 7) is -0.397. The van der Waals surface area contributed by atoms with E-state index < -0.39 is 31.1 Å². The van der Waals surface area contributed by atoms with Crippen LogP contribution in [-0.4, -0.2) is 54.8 Å². The Kier molecular flexibility index (Phi) is 3.27. The fourth-order valence-electron chi connectivity index (χ4n) is 2.33. The molecule has 3 rings (SSSR count). The van der Waals surface area contributed by atoms with Crippen molar-refractivity contribution in [2.45, 2.75) is 24.5 Å². The molecule has 0 aromatic carbocycles. The number of nitrogen functional groups attached to an aromatic ring is 1. The van der Waals surface area contributed by atoms with Crippen molar-refractivity contribution in [2.24, 2.45) is 0 Å². The fourth-order valence-corrected chi connectivity index (χ4v) is 2.56. The molecule has 8 nitrogen and oxygen atoms in total. The lowest BCUT2D eigenvalue weighted by molar-refractivity contribution is -0.0508. The summed E-state index contributed by atoms with van der Waals surface area (Å²) in [5.41, 5.74) is 5.94. The summed E-state index contributed by atoms with van der Waals surface area (Å²) in [4.78, 5) is 7.89. The number of hydrogen-bond acceptors (Lipinski definition) is 7. The summed E-state index contributed by atoms with van der Waals surface area (Å²) >= 11 is 5.97. The van der Waals surface area contributed by atoms with E-state index in [1.165, 1.54) is 4.57 Å². The Morgan fingerprint density at radius 3 is 2.75 bits per heavy atom. The minimum Gasteiger partial charge on any atom is -0.394 e. The van der Waals surface area contributed by atoms with Gasteiger partial charge in [-0.3, -0.25) is 0 Å². The number of aliphatic hydroxyl groups excluding tert-OH is 3. The first-order valence-corrected chi connectivity index (χ1v) is 6.32. The molecule has 0 aliphatic carbocycles. The van der Waals surface area contributed by atoms with Crippen molar-refractivity contribution < 1.29 is 20.1 Å². The van der Waals surface area contributed by atoms with Gasteiger partial charge in [-0.25, -0.2) is 4.98 Å². The van der Waals surface area contributed by atoms with Crippen LogP contribution in [0.25, 0.3) is 11.0 Å². The van der Waals surface area contributed by atoms with Gasteiger partial charge in [-0.1, -0.05) is 11.6 Å². The minimum absolute atomic E-state index is 0.00538. The zero-order valence-corrected chi connectivity index (χ0v) is 11.0. The molecule has 5 N–H and O–H groups in total. The van der Waals surface area contributed by atoms with Gasteiger partial charge in [-0.05, 0) is 6.07 Å². The van der Waals surface area contributed by atoms with Gasteiger partial charge in [0.15, 0.2) is 6.23 Å². The van der Waals surface area contributed by atoms with Gasteiger partial charge < -0.3 is 30.4 Å². The van der Waals surface area contributed by atoms with E-state index in [0.717, 1.165) is 0 Å². The second-order valence-electron chi connectivity index (χ2n) is 4.56. The zero-order valence-electron chi connectivity index (χ0n) is 10.2. The number of aromatic nitrogens is 3. The third-order valence-corrected chi connectivity index (χ3v) is 3.62. The number of ether oxygens (including phenoxy) is 1. The molecule has 108 valence electrons. The van der Waals surface area contributed by atoms with Crippen molar-refractivity contribution >= 4 is 28.6 Å². The molecule has 0 bridgehead atoms. The zero-order chi connectivity index (χ0) is 14.4. The molecular formula is C11H13ClN4O4. The van der Waals surface area contributed by atoms with E-state index in [1.807, 2.05) is 0 Å². The van der Waals surface area contributed by atoms with E-state index in [0.29, 0.717) is 11.0 Å². The van der Waals surface area contributed by atoms with Gasteiger partial charge in [0.1, 0.15) is 29.1 Å². The minimum atomic E-state index is -1.20. The third kappa shape index (κ3) is 1.93. The first kappa shape index (κ1) is 13.5. The normalized spacial score (nSPS) is 30.2. The van der Waals surface area contributed by atoms with E-state index in [9.17, 15) is 10.2 Å². The Morgan fingerprint density at radius 1 is 1.35 bits per heavy atom. The van der Waals surface area contributed by atoms with Crippen LogP contribution in [0.15, 0.2) is 12.3 Å². The van der Waals surface area contributed by atoms with Crippen molar-refractivity contribution in [1.29, 1.82) is 0 Å². The average Bonchev–Trinajstić information content (AvgIpc) is 2.93. The number of anilines is 1. The molecule has 20 heavy (non-hydrogen) atoms. The highest BCUT2D eigenvalue weighted by Gasteiger charge is 2.43. The van der Waals surface area contributed by atoms with Gasteiger partial charge in [0.05, 0.1) is 12.0 Å². The number of hydrogen-bond donors (Lipinski definition) is 4. The quantitative estimate of drug-likeness (QED) is 0.539. The molecule has 0 unspecified atom stereocenters. The highest BCUT2D eigenvalue weighted by molar-refractivity contribution is 6.34. The predicted molar refractivity (Wildman–Crippen MR) is 70.0 cm³/mol. The standard InChI is InChI=1S/C11H13ClN4O4/c12-8-4-1-2-16(9(4)15-11(13)14-8)10-7(19)6(18)5(3-17)20-10/h1-2,5-7,10,17-19H,3H2,(H2,13,14,15)/t5-,6-,7-,10+/m1/s1. The highest BCUT2D eigenvalue weighted by atomic mass is 35.5. The van der Waals surface area contributed by atoms with Crippen molar-refractivity contribution in [1.82, 2.24) is 14.5 Å². The van der Waals surface area contributed by atoms with Gasteiger partial charge >= 0.3 is 0 Å². The molecule has 4 atom stereocenters. The average molecular weight is 301 g/mol. The lowest BCUT2D eigenvalue weighted by atomic mass is 10.1. The van der Waals surface area contributed by atoms with Crippen LogP contribution in [0.2, 0.25) is 5.15 Å². The Labute approximate surface area is 118 Å². The Balaban J connectivity index is 2.07. The summed E-state index contributed by atoms with van der Waals surface area (Å²) in [5.74, 6) is -0.00538. The monoisotopic (exact) mass is 300 g/mol. The van der Waals surface area contributed by atoms with E-state index in [2.05, 4.69) is 9.97 Å². The third-order valence-electron chi connectivity index (χ3n) is 3.33. The van der Waals surface area contributed by atoms with Crippen molar-refractivity contribution in [2.75, 3.05) is 12.3 Å². The second-order valence-corrected chi connectivity index (χ2v) is 4.92. The lowest BCUT2D eigenvalue weighted by Crippen LogP contribution is -2.33. The maximum Gasteiger partial charge on any atom is 0.223 e. The second kappa shape index (κ2) is 4.83. The summed E-state index contributed by atoms with van der Waals surface area (Å²) in [7, 11) is 0. The Bertz CT molecular complexity index is 649. The van der Waals surface area contributed by atoms with Crippen molar-refractivity contribution in [3.63, 3.8) is 0 Å². The van der Waals surface area contributed by atoms with Gasteiger partial charge in [-0.15, -0.1) is 0 Å². The van der Waals surface area contributed by atoms with Crippen LogP contribution < -0.4 is 5.73 Å². The fraction of sp³-hybridized carbons (Fsp3) is 0.455. The number of nitrogens with zero attached hydrogens (tertiary/aromatic N) is 3. The molecule has 1 aliphatic rings. The first-order valence-electron chi connectivity index (χ1n) is 5.95. The molecule has 2 aromatic heterocycles. The molecule has 0 amide bonds. The van der Waals surface area contributed by atoms with E-state index >= 15 is 0 Å². The molecule has 1 aliphatic heterocycles. The lowest BCUT2D eigenvalue weighted by Gasteiger charge is -2.17. The topological polar surface area (TPSA) is 127 Å². The molecule has 1 saturated heterocycles. The molecule has 1 fully saturated rings. The van der Waals surface area contributed by atoms with Crippen LogP contribution in [0.3, 0.4) is 0 Å². The molecule has 0 radical (unpaired) electrons. The smallest absolute Gasteiger partial charge is 0.223 e. The maximum atomic E-state index is 10.0. The van der Waals surface area contributed by atoms with Crippen LogP contribution in [0.4, 0.5) is 5.95 Å². The van der Waals surface area contributed by atoms with E-state index in [4.69, 9.17) is 27.2 Å². The molecule has 0 saturated carbocycles. The van der Waals surface area contributed by atoms with Crippen LogP contribution in [0.1, 0.15) is 6.23 Å². The number of aliphatic hydroxyl groups is 3. The van der Waals surface area contributed by atoms with Crippen LogP contribution in [0.5, 0.6) is 0 Å². The van der Waals surface area contributed by atoms with E-state index in [1.54, 1.807) is 12.3 Å². The van der Waals surface area contributed by atoms with Crippen LogP contribution >= 0.6 is 11.6 Å². The molecule has 9 heteroatoms. The summed E-state index contributed by atoms with van der Waals surface area (Å²) in [6, 6.07) is 1.66. The van der Waals surface area contributed by atoms with Gasteiger partial charge in [0.25, 0.3) is 0 Å². The maximum absolute atomic E-state index is 10.0. The summed E-state index contributed by atoms with van der Waals surface area (Å²) in [6.07, 6.45) is -2.52. The van der Waals surface area contributed by atoms with Crippen molar-refractivity contribution in [3.8, 4) is 0 Å². The number of rotatable bonds is 2. The Morgan fingerprint density at radius 2 is 2.10 bits per heavy atom. The Hall–Kier alpha value is -1.45. The SMILES string of the molecule is Nc1nc(Cl)c2ccn([C@H]3O[C@H](CO)[C@@H](O)[C@H]3O)c2n1. The number of fused-ring (bicyclic) bond motifs is 1. The number of halogens is 1. The molecule has 0 spiro atoms. The van der Waals surface area contributed by atoms with Crippen molar-refractivity contribution in [3.05, 3.63) is 17.4 Å². The van der Waals surface area contributed by atoms with E-state index in [-0.39, 0.29) is 11.1 Å². The largest absolute Gasteiger partial charge is 0.394 e. The van der Waals surface area contributed by atoms with Crippen LogP contribution in [-0.2, 0) is 4.74 Å². The molecular weight excluding hydrogens is 288 g/mol. The van der Waals surface area contributed by atoms with Crippen LogP contribution in [0, 0.1) is 0 Å².